The molecule has 1 unspecified atom stereocenters. The lowest BCUT2D eigenvalue weighted by atomic mass is 10.0. The summed E-state index contributed by atoms with van der Waals surface area (Å²) >= 11 is 0. The minimum Gasteiger partial charge on any atom is -0.399 e. The molecule has 0 aliphatic heterocycles. The molecule has 1 amide bonds. The Morgan fingerprint density at radius 2 is 1.48 bits per heavy atom. The van der Waals surface area contributed by atoms with Crippen molar-refractivity contribution in [3.63, 3.8) is 0 Å². The average Bonchev–Trinajstić information content (AvgIpc) is 2.25. The SMILES string of the molecule is CC(NC(=O)C(C(F)(F)F)C(F)(F)F)c1ccc(N)cc1. The van der Waals surface area contributed by atoms with Crippen molar-refractivity contribution in [1.29, 1.82) is 0 Å². The maximum Gasteiger partial charge on any atom is 0.409 e. The van der Waals surface area contributed by atoms with E-state index in [1.807, 2.05) is 0 Å². The number of halogens is 6. The fourth-order valence-corrected chi connectivity index (χ4v) is 1.65. The number of hydrogen-bond acceptors (Lipinski definition) is 2. The third-order valence-corrected chi connectivity index (χ3v) is 2.71. The molecule has 0 aromatic heterocycles. The summed E-state index contributed by atoms with van der Waals surface area (Å²) in [5, 5.41) is 1.71. The van der Waals surface area contributed by atoms with Gasteiger partial charge in [-0.2, -0.15) is 26.3 Å². The number of carbonyl (C=O) groups is 1. The highest BCUT2D eigenvalue weighted by atomic mass is 19.4. The van der Waals surface area contributed by atoms with Crippen LogP contribution >= 0.6 is 0 Å². The molecule has 0 saturated carbocycles. The van der Waals surface area contributed by atoms with Crippen LogP contribution in [0, 0.1) is 5.92 Å². The largest absolute Gasteiger partial charge is 0.409 e. The highest BCUT2D eigenvalue weighted by molar-refractivity contribution is 5.80. The molecule has 9 heteroatoms. The van der Waals surface area contributed by atoms with Gasteiger partial charge in [0.15, 0.2) is 0 Å². The first-order valence-corrected chi connectivity index (χ1v) is 5.72. The first kappa shape index (κ1) is 17.1. The summed E-state index contributed by atoms with van der Waals surface area (Å²) in [6, 6.07) is 4.61. The van der Waals surface area contributed by atoms with E-state index in [1.165, 1.54) is 31.2 Å². The molecule has 0 fully saturated rings. The van der Waals surface area contributed by atoms with Gasteiger partial charge >= 0.3 is 12.4 Å². The number of alkyl halides is 6. The zero-order valence-electron chi connectivity index (χ0n) is 10.7. The van der Waals surface area contributed by atoms with Gasteiger partial charge in [-0.1, -0.05) is 12.1 Å². The Labute approximate surface area is 116 Å². The van der Waals surface area contributed by atoms with Gasteiger partial charge in [0.05, 0.1) is 6.04 Å². The van der Waals surface area contributed by atoms with E-state index in [0.717, 1.165) is 0 Å². The highest BCUT2D eigenvalue weighted by Gasteiger charge is 2.61. The molecule has 21 heavy (non-hydrogen) atoms. The van der Waals surface area contributed by atoms with Crippen LogP contribution in [0.3, 0.4) is 0 Å². The summed E-state index contributed by atoms with van der Waals surface area (Å²) in [6.07, 6.45) is -11.4. The molecular weight excluding hydrogens is 302 g/mol. The number of rotatable bonds is 3. The molecule has 1 aromatic rings. The highest BCUT2D eigenvalue weighted by Crippen LogP contribution is 2.39. The molecule has 1 atom stereocenters. The molecular formula is C12H12F6N2O. The van der Waals surface area contributed by atoms with E-state index in [-0.39, 0.29) is 0 Å². The van der Waals surface area contributed by atoms with Crippen molar-refractivity contribution in [3.8, 4) is 0 Å². The van der Waals surface area contributed by atoms with Crippen LogP contribution in [0.2, 0.25) is 0 Å². The number of amides is 1. The third-order valence-electron chi connectivity index (χ3n) is 2.71. The zero-order chi connectivity index (χ0) is 16.4. The number of hydrogen-bond donors (Lipinski definition) is 2. The van der Waals surface area contributed by atoms with Gasteiger partial charge in [0, 0.05) is 5.69 Å². The summed E-state index contributed by atoms with van der Waals surface area (Å²) in [7, 11) is 0. The van der Waals surface area contributed by atoms with Crippen LogP contribution in [-0.2, 0) is 4.79 Å². The van der Waals surface area contributed by atoms with Gasteiger partial charge in [-0.3, -0.25) is 4.79 Å². The molecule has 0 aliphatic carbocycles. The van der Waals surface area contributed by atoms with Crippen LogP contribution in [0.25, 0.3) is 0 Å². The zero-order valence-corrected chi connectivity index (χ0v) is 10.7. The van der Waals surface area contributed by atoms with Gasteiger partial charge in [0.25, 0.3) is 0 Å². The van der Waals surface area contributed by atoms with Crippen molar-refractivity contribution < 1.29 is 31.1 Å². The first-order valence-electron chi connectivity index (χ1n) is 5.72. The summed E-state index contributed by atoms with van der Waals surface area (Å²) < 4.78 is 74.2. The third kappa shape index (κ3) is 4.54. The van der Waals surface area contributed by atoms with Gasteiger partial charge in [0.2, 0.25) is 11.8 Å². The number of nitrogens with two attached hydrogens (primary N) is 1. The van der Waals surface area contributed by atoms with Crippen molar-refractivity contribution in [1.82, 2.24) is 5.32 Å². The predicted molar refractivity (Wildman–Crippen MR) is 63.0 cm³/mol. The minimum absolute atomic E-state index is 0.334. The monoisotopic (exact) mass is 314 g/mol. The summed E-state index contributed by atoms with van der Waals surface area (Å²) in [6.45, 7) is 1.27. The van der Waals surface area contributed by atoms with Crippen LogP contribution in [0.15, 0.2) is 24.3 Å². The Bertz CT molecular complexity index is 480. The molecule has 0 spiro atoms. The molecule has 118 valence electrons. The lowest BCUT2D eigenvalue weighted by Gasteiger charge is -2.24. The van der Waals surface area contributed by atoms with Gasteiger partial charge in [0.1, 0.15) is 0 Å². The van der Waals surface area contributed by atoms with Gasteiger partial charge in [-0.25, -0.2) is 0 Å². The van der Waals surface area contributed by atoms with E-state index in [4.69, 9.17) is 5.73 Å². The number of carbonyl (C=O) groups excluding carboxylic acids is 1. The topological polar surface area (TPSA) is 55.1 Å². The lowest BCUT2D eigenvalue weighted by Crippen LogP contribution is -2.48. The summed E-state index contributed by atoms with van der Waals surface area (Å²) in [4.78, 5) is 11.3. The second-order valence-corrected chi connectivity index (χ2v) is 4.41. The van der Waals surface area contributed by atoms with E-state index in [2.05, 4.69) is 0 Å². The molecule has 0 heterocycles. The minimum atomic E-state index is -5.71. The Kier molecular flexibility index (Phi) is 4.75. The van der Waals surface area contributed by atoms with E-state index < -0.39 is 30.2 Å². The van der Waals surface area contributed by atoms with Crippen molar-refractivity contribution >= 4 is 11.6 Å². The van der Waals surface area contributed by atoms with E-state index in [1.54, 1.807) is 5.32 Å². The van der Waals surface area contributed by atoms with Crippen LogP contribution in [0.4, 0.5) is 32.0 Å². The summed E-state index contributed by atoms with van der Waals surface area (Å²) in [5.41, 5.74) is 6.12. The van der Waals surface area contributed by atoms with E-state index in [0.29, 0.717) is 11.3 Å². The van der Waals surface area contributed by atoms with Crippen molar-refractivity contribution in [2.75, 3.05) is 5.73 Å². The molecule has 0 aliphatic rings. The molecule has 3 nitrogen and oxygen atoms in total. The quantitative estimate of drug-likeness (QED) is 0.665. The first-order chi connectivity index (χ1) is 9.43. The van der Waals surface area contributed by atoms with E-state index in [9.17, 15) is 31.1 Å². The van der Waals surface area contributed by atoms with Crippen LogP contribution < -0.4 is 11.1 Å². The van der Waals surface area contributed by atoms with Crippen LogP contribution in [0.1, 0.15) is 18.5 Å². The Morgan fingerprint density at radius 3 is 1.86 bits per heavy atom. The number of anilines is 1. The Balaban J connectivity index is 2.89. The van der Waals surface area contributed by atoms with E-state index >= 15 is 0 Å². The molecule has 3 N–H and O–H groups in total. The average molecular weight is 314 g/mol. The van der Waals surface area contributed by atoms with Gasteiger partial charge < -0.3 is 11.1 Å². The fraction of sp³-hybridized carbons (Fsp3) is 0.417. The molecule has 1 aromatic carbocycles. The number of nitrogen functional groups attached to an aromatic ring is 1. The van der Waals surface area contributed by atoms with Crippen LogP contribution in [0.5, 0.6) is 0 Å². The second kappa shape index (κ2) is 5.82. The molecule has 0 radical (unpaired) electrons. The van der Waals surface area contributed by atoms with Gasteiger partial charge in [-0.15, -0.1) is 0 Å². The molecule has 0 saturated heterocycles. The van der Waals surface area contributed by atoms with Crippen LogP contribution in [-0.4, -0.2) is 18.3 Å². The predicted octanol–water partition coefficient (Wildman–Crippen LogP) is 3.19. The Hall–Kier alpha value is -1.93. The second-order valence-electron chi connectivity index (χ2n) is 4.41. The number of benzene rings is 1. The lowest BCUT2D eigenvalue weighted by molar-refractivity contribution is -0.274. The smallest absolute Gasteiger partial charge is 0.399 e. The maximum absolute atomic E-state index is 12.4. The fourth-order valence-electron chi connectivity index (χ4n) is 1.65. The Morgan fingerprint density at radius 1 is 1.05 bits per heavy atom. The molecule has 0 bridgehead atoms. The standard InChI is InChI=1S/C12H12F6N2O/c1-6(7-2-4-8(19)5-3-7)20-10(21)9(11(13,14)15)12(16,17)18/h2-6,9H,19H2,1H3,(H,20,21). The van der Waals surface area contributed by atoms with Gasteiger partial charge in [-0.05, 0) is 24.6 Å². The summed E-state index contributed by atoms with van der Waals surface area (Å²) in [5.74, 6) is -6.19. The van der Waals surface area contributed by atoms with Crippen molar-refractivity contribution in [2.24, 2.45) is 5.92 Å². The molecule has 1 rings (SSSR count). The van der Waals surface area contributed by atoms with Crippen molar-refractivity contribution in [3.05, 3.63) is 29.8 Å². The normalized spacial score (nSPS) is 14.1. The number of nitrogens with one attached hydrogen (secondary N) is 1. The maximum atomic E-state index is 12.4. The van der Waals surface area contributed by atoms with Crippen molar-refractivity contribution in [2.45, 2.75) is 25.3 Å².